The van der Waals surface area contributed by atoms with Gasteiger partial charge in [0.2, 0.25) is 5.52 Å². The molecule has 3 aromatic rings. The first-order valence-corrected chi connectivity index (χ1v) is 9.22. The third-order valence-corrected chi connectivity index (χ3v) is 5.00. The standard InChI is InChI=1S/C18H18ClN5O3/c19-12-5-7-13(8-6-12)20-14-11-15(23-9-3-1-2-4-10-23)16-17(22-27-21-16)18(14)24(25)26/h5-8,11,20H,1-4,9-10H2. The highest BCUT2D eigenvalue weighted by atomic mass is 35.5. The number of nitro benzene ring substituents is 1. The van der Waals surface area contributed by atoms with Gasteiger partial charge in [-0.1, -0.05) is 24.4 Å². The van der Waals surface area contributed by atoms with E-state index in [0.717, 1.165) is 31.6 Å². The highest BCUT2D eigenvalue weighted by Gasteiger charge is 2.28. The Hall–Kier alpha value is -2.87. The summed E-state index contributed by atoms with van der Waals surface area (Å²) in [5.41, 5.74) is 2.27. The van der Waals surface area contributed by atoms with Crippen molar-refractivity contribution < 1.29 is 9.55 Å². The van der Waals surface area contributed by atoms with Gasteiger partial charge in [0, 0.05) is 23.8 Å². The van der Waals surface area contributed by atoms with Gasteiger partial charge in [0.15, 0.2) is 5.52 Å². The van der Waals surface area contributed by atoms with Gasteiger partial charge in [0.05, 0.1) is 10.6 Å². The first kappa shape index (κ1) is 17.5. The number of nitrogens with zero attached hydrogens (tertiary/aromatic N) is 4. The summed E-state index contributed by atoms with van der Waals surface area (Å²) in [6.07, 6.45) is 4.51. The molecule has 27 heavy (non-hydrogen) atoms. The van der Waals surface area contributed by atoms with Crippen LogP contribution in [0.1, 0.15) is 25.7 Å². The number of nitrogens with one attached hydrogen (secondary N) is 1. The van der Waals surface area contributed by atoms with Crippen molar-refractivity contribution in [3.63, 3.8) is 0 Å². The molecule has 0 saturated carbocycles. The number of anilines is 3. The largest absolute Gasteiger partial charge is 0.370 e. The van der Waals surface area contributed by atoms with E-state index in [1.807, 2.05) is 0 Å². The molecular formula is C18H18ClN5O3. The van der Waals surface area contributed by atoms with Crippen molar-refractivity contribution >= 4 is 45.4 Å². The second-order valence-corrected chi connectivity index (χ2v) is 6.98. The number of halogens is 1. The summed E-state index contributed by atoms with van der Waals surface area (Å²) in [6, 6.07) is 8.75. The predicted octanol–water partition coefficient (Wildman–Crippen LogP) is 4.91. The van der Waals surface area contributed by atoms with Crippen LogP contribution in [0.5, 0.6) is 0 Å². The fourth-order valence-electron chi connectivity index (χ4n) is 3.43. The van der Waals surface area contributed by atoms with E-state index in [9.17, 15) is 10.1 Å². The van der Waals surface area contributed by atoms with Crippen LogP contribution in [0.4, 0.5) is 22.7 Å². The van der Waals surface area contributed by atoms with E-state index in [0.29, 0.717) is 21.9 Å². The maximum absolute atomic E-state index is 11.7. The van der Waals surface area contributed by atoms with Crippen LogP contribution in [0.25, 0.3) is 11.0 Å². The lowest BCUT2D eigenvalue weighted by Gasteiger charge is -2.23. The third kappa shape index (κ3) is 3.52. The minimum atomic E-state index is -0.461. The van der Waals surface area contributed by atoms with Gasteiger partial charge in [-0.2, -0.15) is 0 Å². The fraction of sp³-hybridized carbons (Fsp3) is 0.333. The van der Waals surface area contributed by atoms with Gasteiger partial charge in [0.25, 0.3) is 0 Å². The summed E-state index contributed by atoms with van der Waals surface area (Å²) in [6.45, 7) is 1.75. The van der Waals surface area contributed by atoms with Crippen LogP contribution >= 0.6 is 11.6 Å². The van der Waals surface area contributed by atoms with Crippen LogP contribution in [0, 0.1) is 10.1 Å². The van der Waals surface area contributed by atoms with Crippen LogP contribution in [-0.2, 0) is 0 Å². The molecule has 1 saturated heterocycles. The first-order chi connectivity index (χ1) is 13.1. The smallest absolute Gasteiger partial charge is 0.324 e. The van der Waals surface area contributed by atoms with E-state index in [1.54, 1.807) is 30.3 Å². The van der Waals surface area contributed by atoms with Gasteiger partial charge < -0.3 is 10.2 Å². The molecule has 0 spiro atoms. The number of benzene rings is 2. The second kappa shape index (κ2) is 7.40. The zero-order valence-electron chi connectivity index (χ0n) is 14.5. The number of nitro groups is 1. The molecule has 9 heteroatoms. The van der Waals surface area contributed by atoms with Gasteiger partial charge >= 0.3 is 5.69 Å². The molecular weight excluding hydrogens is 370 g/mol. The van der Waals surface area contributed by atoms with Gasteiger partial charge in [0.1, 0.15) is 5.69 Å². The van der Waals surface area contributed by atoms with Gasteiger partial charge in [-0.15, -0.1) is 0 Å². The molecule has 140 valence electrons. The van der Waals surface area contributed by atoms with Crippen molar-refractivity contribution in [3.8, 4) is 0 Å². The molecule has 0 radical (unpaired) electrons. The molecule has 0 atom stereocenters. The lowest BCUT2D eigenvalue weighted by molar-refractivity contribution is -0.382. The Balaban J connectivity index is 1.83. The number of fused-ring (bicyclic) bond motifs is 1. The summed E-state index contributed by atoms with van der Waals surface area (Å²) in [4.78, 5) is 13.5. The summed E-state index contributed by atoms with van der Waals surface area (Å²) >= 11 is 5.93. The molecule has 2 aromatic carbocycles. The molecule has 0 unspecified atom stereocenters. The Morgan fingerprint density at radius 3 is 2.41 bits per heavy atom. The lowest BCUT2D eigenvalue weighted by atomic mass is 10.1. The molecule has 4 rings (SSSR count). The molecule has 1 fully saturated rings. The molecule has 1 N–H and O–H groups in total. The Morgan fingerprint density at radius 1 is 1.07 bits per heavy atom. The Kier molecular flexibility index (Phi) is 4.81. The molecule has 1 aliphatic heterocycles. The van der Waals surface area contributed by atoms with Crippen molar-refractivity contribution in [3.05, 3.63) is 45.5 Å². The van der Waals surface area contributed by atoms with Crippen LogP contribution in [-0.4, -0.2) is 28.3 Å². The number of hydrogen-bond donors (Lipinski definition) is 1. The third-order valence-electron chi connectivity index (χ3n) is 4.74. The minimum absolute atomic E-state index is 0.151. The zero-order chi connectivity index (χ0) is 18.8. The highest BCUT2D eigenvalue weighted by Crippen LogP contribution is 2.40. The molecule has 0 amide bonds. The van der Waals surface area contributed by atoms with Crippen LogP contribution in [0.2, 0.25) is 5.02 Å². The van der Waals surface area contributed by atoms with Crippen LogP contribution < -0.4 is 10.2 Å². The SMILES string of the molecule is O=[N+]([O-])c1c(Nc2ccc(Cl)cc2)cc(N2CCCCCC2)c2nonc12. The molecule has 1 aromatic heterocycles. The monoisotopic (exact) mass is 387 g/mol. The summed E-state index contributed by atoms with van der Waals surface area (Å²) in [5, 5.41) is 23.2. The van der Waals surface area contributed by atoms with Crippen molar-refractivity contribution in [2.75, 3.05) is 23.3 Å². The van der Waals surface area contributed by atoms with Crippen LogP contribution in [0.3, 0.4) is 0 Å². The topological polar surface area (TPSA) is 97.3 Å². The van der Waals surface area contributed by atoms with Gasteiger partial charge in [-0.05, 0) is 53.5 Å². The van der Waals surface area contributed by atoms with Crippen molar-refractivity contribution in [2.24, 2.45) is 0 Å². The average molecular weight is 388 g/mol. The molecule has 1 aliphatic rings. The molecule has 8 nitrogen and oxygen atoms in total. The van der Waals surface area contributed by atoms with Gasteiger partial charge in [-0.25, -0.2) is 4.63 Å². The summed E-state index contributed by atoms with van der Waals surface area (Å²) < 4.78 is 4.86. The molecule has 0 aliphatic carbocycles. The van der Waals surface area contributed by atoms with Crippen molar-refractivity contribution in [1.29, 1.82) is 0 Å². The first-order valence-electron chi connectivity index (χ1n) is 8.84. The number of rotatable bonds is 4. The van der Waals surface area contributed by atoms with E-state index in [1.165, 1.54) is 12.8 Å². The zero-order valence-corrected chi connectivity index (χ0v) is 15.3. The van der Waals surface area contributed by atoms with E-state index in [2.05, 4.69) is 20.5 Å². The maximum Gasteiger partial charge on any atom is 0.324 e. The number of hydrogen-bond acceptors (Lipinski definition) is 7. The van der Waals surface area contributed by atoms with Crippen molar-refractivity contribution in [2.45, 2.75) is 25.7 Å². The lowest BCUT2D eigenvalue weighted by Crippen LogP contribution is -2.24. The minimum Gasteiger partial charge on any atom is -0.370 e. The predicted molar refractivity (Wildman–Crippen MR) is 104 cm³/mol. The summed E-state index contributed by atoms with van der Waals surface area (Å²) in [5.74, 6) is 0. The fourth-order valence-corrected chi connectivity index (χ4v) is 3.56. The van der Waals surface area contributed by atoms with Crippen molar-refractivity contribution in [1.82, 2.24) is 10.3 Å². The van der Waals surface area contributed by atoms with E-state index in [-0.39, 0.29) is 11.2 Å². The molecule has 0 bridgehead atoms. The second-order valence-electron chi connectivity index (χ2n) is 6.54. The Labute approximate surface area is 160 Å². The van der Waals surface area contributed by atoms with E-state index in [4.69, 9.17) is 16.2 Å². The average Bonchev–Trinajstić information content (AvgIpc) is 2.97. The quantitative estimate of drug-likeness (QED) is 0.501. The van der Waals surface area contributed by atoms with Gasteiger partial charge in [-0.3, -0.25) is 10.1 Å². The Bertz CT molecular complexity index is 965. The highest BCUT2D eigenvalue weighted by molar-refractivity contribution is 6.30. The summed E-state index contributed by atoms with van der Waals surface area (Å²) in [7, 11) is 0. The maximum atomic E-state index is 11.7. The molecule has 2 heterocycles. The number of aromatic nitrogens is 2. The normalized spacial score (nSPS) is 14.9. The van der Waals surface area contributed by atoms with Crippen LogP contribution in [0.15, 0.2) is 35.0 Å². The van der Waals surface area contributed by atoms with E-state index < -0.39 is 4.92 Å². The Morgan fingerprint density at radius 2 is 1.74 bits per heavy atom. The van der Waals surface area contributed by atoms with E-state index >= 15 is 0 Å².